The van der Waals surface area contributed by atoms with E-state index in [4.69, 9.17) is 10.2 Å². The Labute approximate surface area is 81.5 Å². The number of aliphatic hydroxyl groups is 1. The van der Waals surface area contributed by atoms with Gasteiger partial charge in [-0.25, -0.2) is 4.79 Å². The highest BCUT2D eigenvalue weighted by molar-refractivity contribution is 5.79. The van der Waals surface area contributed by atoms with E-state index >= 15 is 0 Å². The topological polar surface area (TPSA) is 107 Å². The van der Waals surface area contributed by atoms with Gasteiger partial charge in [0.1, 0.15) is 6.04 Å². The first-order valence-corrected chi connectivity index (χ1v) is 4.33. The van der Waals surface area contributed by atoms with E-state index in [1.54, 1.807) is 6.92 Å². The molecule has 0 heterocycles. The Hall–Kier alpha value is -1.14. The first kappa shape index (κ1) is 12.9. The number of hydrogen-bond acceptors (Lipinski definition) is 4. The molecule has 0 bridgehead atoms. The number of carboxylic acid groups (broad SMARTS) is 2. The van der Waals surface area contributed by atoms with Crippen LogP contribution in [0.5, 0.6) is 0 Å². The molecule has 0 amide bonds. The van der Waals surface area contributed by atoms with Crippen LogP contribution in [0.1, 0.15) is 26.7 Å². The molecule has 2 unspecified atom stereocenters. The fourth-order valence-electron chi connectivity index (χ4n) is 0.942. The quantitative estimate of drug-likeness (QED) is 0.440. The van der Waals surface area contributed by atoms with Crippen molar-refractivity contribution in [2.24, 2.45) is 0 Å². The van der Waals surface area contributed by atoms with Crippen LogP contribution in [0.15, 0.2) is 0 Å². The summed E-state index contributed by atoms with van der Waals surface area (Å²) in [6, 6.07) is -1.06. The van der Waals surface area contributed by atoms with Gasteiger partial charge in [-0.1, -0.05) is 13.8 Å². The van der Waals surface area contributed by atoms with Crippen molar-refractivity contribution in [1.82, 2.24) is 5.32 Å². The second-order valence-electron chi connectivity index (χ2n) is 2.96. The van der Waals surface area contributed by atoms with Gasteiger partial charge in [-0.2, -0.15) is 0 Å². The van der Waals surface area contributed by atoms with Gasteiger partial charge < -0.3 is 15.3 Å². The number of carbonyl (C=O) groups is 2. The Morgan fingerprint density at radius 3 is 2.07 bits per heavy atom. The lowest BCUT2D eigenvalue weighted by atomic mass is 10.1. The average Bonchev–Trinajstić information content (AvgIpc) is 2.12. The summed E-state index contributed by atoms with van der Waals surface area (Å²) >= 11 is 0. The second-order valence-corrected chi connectivity index (χ2v) is 2.96. The lowest BCUT2D eigenvalue weighted by Gasteiger charge is -2.26. The van der Waals surface area contributed by atoms with Gasteiger partial charge in [0.2, 0.25) is 5.72 Å². The molecule has 0 aromatic heterocycles. The third-order valence-electron chi connectivity index (χ3n) is 1.98. The highest BCUT2D eigenvalue weighted by Gasteiger charge is 2.37. The molecule has 0 saturated heterocycles. The fourth-order valence-corrected chi connectivity index (χ4v) is 0.942. The van der Waals surface area contributed by atoms with Gasteiger partial charge in [0.15, 0.2) is 0 Å². The smallest absolute Gasteiger partial charge is 0.351 e. The number of hydrogen-bond donors (Lipinski definition) is 4. The number of aliphatic carboxylic acids is 2. The van der Waals surface area contributed by atoms with Crippen LogP contribution >= 0.6 is 0 Å². The molecule has 0 aliphatic rings. The second kappa shape index (κ2) is 4.92. The molecule has 0 fully saturated rings. The predicted octanol–water partition coefficient (Wildman–Crippen LogP) is -0.378. The largest absolute Gasteiger partial charge is 0.480 e. The van der Waals surface area contributed by atoms with Gasteiger partial charge in [0, 0.05) is 0 Å². The van der Waals surface area contributed by atoms with Gasteiger partial charge in [-0.15, -0.1) is 0 Å². The van der Waals surface area contributed by atoms with E-state index in [0.717, 1.165) is 0 Å². The summed E-state index contributed by atoms with van der Waals surface area (Å²) in [7, 11) is 0. The fraction of sp³-hybridized carbons (Fsp3) is 0.750. The minimum Gasteiger partial charge on any atom is -0.480 e. The minimum atomic E-state index is -2.17. The molecule has 14 heavy (non-hydrogen) atoms. The maximum absolute atomic E-state index is 10.6. The van der Waals surface area contributed by atoms with Crippen molar-refractivity contribution >= 4 is 11.9 Å². The van der Waals surface area contributed by atoms with E-state index in [-0.39, 0.29) is 12.8 Å². The monoisotopic (exact) mass is 205 g/mol. The summed E-state index contributed by atoms with van der Waals surface area (Å²) in [5.74, 6) is -2.65. The third kappa shape index (κ3) is 2.97. The normalized spacial score (nSPS) is 17.1. The van der Waals surface area contributed by atoms with Crippen LogP contribution < -0.4 is 5.32 Å². The van der Waals surface area contributed by atoms with Gasteiger partial charge >= 0.3 is 11.9 Å². The molecule has 0 spiro atoms. The standard InChI is InChI=1S/C8H15NO5/c1-3-5(6(10)11)9-8(14,4-2)7(12)13/h5,9,14H,3-4H2,1-2H3,(H,10,11)(H,12,13). The summed E-state index contributed by atoms with van der Waals surface area (Å²) in [6.07, 6.45) is 0.0943. The predicted molar refractivity (Wildman–Crippen MR) is 47.7 cm³/mol. The van der Waals surface area contributed by atoms with E-state index < -0.39 is 23.7 Å². The van der Waals surface area contributed by atoms with E-state index in [9.17, 15) is 14.7 Å². The highest BCUT2D eigenvalue weighted by Crippen LogP contribution is 2.08. The first-order valence-electron chi connectivity index (χ1n) is 4.33. The van der Waals surface area contributed by atoms with Crippen molar-refractivity contribution < 1.29 is 24.9 Å². The molecule has 0 aromatic carbocycles. The van der Waals surface area contributed by atoms with Crippen molar-refractivity contribution in [3.63, 3.8) is 0 Å². The zero-order valence-electron chi connectivity index (χ0n) is 8.15. The van der Waals surface area contributed by atoms with Crippen LogP contribution in [0.2, 0.25) is 0 Å². The number of nitrogens with one attached hydrogen (secondary N) is 1. The van der Waals surface area contributed by atoms with Gasteiger partial charge in [0.05, 0.1) is 0 Å². The Morgan fingerprint density at radius 2 is 1.86 bits per heavy atom. The molecule has 0 rings (SSSR count). The molecule has 0 radical (unpaired) electrons. The lowest BCUT2D eigenvalue weighted by Crippen LogP contribution is -2.57. The zero-order valence-corrected chi connectivity index (χ0v) is 8.15. The first-order chi connectivity index (χ1) is 6.37. The van der Waals surface area contributed by atoms with Crippen molar-refractivity contribution in [2.75, 3.05) is 0 Å². The molecular formula is C8H15NO5. The van der Waals surface area contributed by atoms with Crippen molar-refractivity contribution in [3.05, 3.63) is 0 Å². The van der Waals surface area contributed by atoms with Gasteiger partial charge in [-0.05, 0) is 12.8 Å². The van der Waals surface area contributed by atoms with Gasteiger partial charge in [-0.3, -0.25) is 10.1 Å². The van der Waals surface area contributed by atoms with Gasteiger partial charge in [0.25, 0.3) is 0 Å². The number of rotatable bonds is 6. The SMILES string of the molecule is CCC(NC(O)(CC)C(=O)O)C(=O)O. The van der Waals surface area contributed by atoms with Crippen molar-refractivity contribution in [2.45, 2.75) is 38.5 Å². The Balaban J connectivity index is 4.58. The minimum absolute atomic E-state index is 0.105. The van der Waals surface area contributed by atoms with Crippen LogP contribution in [-0.4, -0.2) is 39.0 Å². The molecule has 0 aliphatic carbocycles. The van der Waals surface area contributed by atoms with Crippen LogP contribution in [0.25, 0.3) is 0 Å². The van der Waals surface area contributed by atoms with E-state index in [1.165, 1.54) is 6.92 Å². The van der Waals surface area contributed by atoms with Crippen molar-refractivity contribution in [1.29, 1.82) is 0 Å². The highest BCUT2D eigenvalue weighted by atomic mass is 16.4. The van der Waals surface area contributed by atoms with Crippen LogP contribution in [0.4, 0.5) is 0 Å². The van der Waals surface area contributed by atoms with Crippen LogP contribution in [-0.2, 0) is 9.59 Å². The summed E-state index contributed by atoms with van der Waals surface area (Å²) in [6.45, 7) is 3.04. The molecular weight excluding hydrogens is 190 g/mol. The molecule has 6 heteroatoms. The van der Waals surface area contributed by atoms with E-state index in [1.807, 2.05) is 0 Å². The van der Waals surface area contributed by atoms with Crippen molar-refractivity contribution in [3.8, 4) is 0 Å². The Morgan fingerprint density at radius 1 is 1.36 bits per heavy atom. The number of carboxylic acids is 2. The van der Waals surface area contributed by atoms with Crippen LogP contribution in [0, 0.1) is 0 Å². The maximum Gasteiger partial charge on any atom is 0.351 e. The molecule has 0 aliphatic heterocycles. The summed E-state index contributed by atoms with van der Waals surface area (Å²) in [5, 5.41) is 29.0. The zero-order chi connectivity index (χ0) is 11.4. The average molecular weight is 205 g/mol. The summed E-state index contributed by atoms with van der Waals surface area (Å²) < 4.78 is 0. The summed E-state index contributed by atoms with van der Waals surface area (Å²) in [5.41, 5.74) is -2.17. The lowest BCUT2D eigenvalue weighted by molar-refractivity contribution is -0.165. The molecule has 0 saturated carbocycles. The van der Waals surface area contributed by atoms with E-state index in [2.05, 4.69) is 5.32 Å². The third-order valence-corrected chi connectivity index (χ3v) is 1.98. The van der Waals surface area contributed by atoms with E-state index in [0.29, 0.717) is 0 Å². The Kier molecular flexibility index (Phi) is 4.52. The maximum atomic E-state index is 10.6. The molecule has 0 aromatic rings. The van der Waals surface area contributed by atoms with Crippen LogP contribution in [0.3, 0.4) is 0 Å². The molecule has 4 N–H and O–H groups in total. The Bertz CT molecular complexity index is 230. The molecule has 82 valence electrons. The summed E-state index contributed by atoms with van der Waals surface area (Å²) in [4.78, 5) is 21.2. The molecule has 2 atom stereocenters. The molecule has 6 nitrogen and oxygen atoms in total.